The fourth-order valence-electron chi connectivity index (χ4n) is 4.64. The summed E-state index contributed by atoms with van der Waals surface area (Å²) < 4.78 is 12.7. The number of Topliss-reactive ketones (excluding diaryl/α,β-unsaturated/α-hetero) is 1. The highest BCUT2D eigenvalue weighted by Crippen LogP contribution is 2.53. The lowest BCUT2D eigenvalue weighted by Gasteiger charge is -2.27. The molecule has 1 aromatic heterocycles. The normalized spacial score (nSPS) is 16.1. The standard InChI is InChI=1S/C27H26ClNO5/c1-5-33-26(32)24(31)22-20(18-11-13-19(28)14-12-18)21(17-9-7-6-8-10-17)23-25(34-16(2)30)27(3,4)15-29(22)23/h6-14,25H,5,15H2,1-4H3. The number of ether oxygens (including phenoxy) is 2. The minimum Gasteiger partial charge on any atom is -0.460 e. The van der Waals surface area contributed by atoms with E-state index in [-0.39, 0.29) is 12.3 Å². The molecule has 1 atom stereocenters. The van der Waals surface area contributed by atoms with Crippen LogP contribution in [0.1, 0.15) is 50.0 Å². The molecule has 2 aromatic carbocycles. The molecular formula is C27H26ClNO5. The van der Waals surface area contributed by atoms with Crippen LogP contribution in [0.3, 0.4) is 0 Å². The number of esters is 2. The molecule has 2 heterocycles. The Bertz CT molecular complexity index is 1260. The number of halogens is 1. The Balaban J connectivity index is 2.11. The summed E-state index contributed by atoms with van der Waals surface area (Å²) in [5.41, 5.74) is 3.29. The molecule has 34 heavy (non-hydrogen) atoms. The highest BCUT2D eigenvalue weighted by Gasteiger charge is 2.48. The zero-order valence-electron chi connectivity index (χ0n) is 19.6. The third-order valence-corrected chi connectivity index (χ3v) is 6.23. The lowest BCUT2D eigenvalue weighted by molar-refractivity contribution is -0.152. The second kappa shape index (κ2) is 9.11. The highest BCUT2D eigenvalue weighted by molar-refractivity contribution is 6.42. The number of aromatic nitrogens is 1. The summed E-state index contributed by atoms with van der Waals surface area (Å²) in [4.78, 5) is 38.3. The van der Waals surface area contributed by atoms with Crippen LogP contribution in [0.25, 0.3) is 22.3 Å². The number of rotatable bonds is 6. The van der Waals surface area contributed by atoms with Crippen molar-refractivity contribution in [1.82, 2.24) is 4.57 Å². The van der Waals surface area contributed by atoms with Crippen LogP contribution in [-0.4, -0.2) is 28.9 Å². The molecule has 0 amide bonds. The molecule has 0 saturated carbocycles. The molecule has 0 spiro atoms. The van der Waals surface area contributed by atoms with Crippen molar-refractivity contribution in [2.24, 2.45) is 5.41 Å². The van der Waals surface area contributed by atoms with Crippen molar-refractivity contribution in [3.63, 3.8) is 0 Å². The van der Waals surface area contributed by atoms with Gasteiger partial charge in [-0.25, -0.2) is 4.79 Å². The Hall–Kier alpha value is -3.38. The molecule has 0 radical (unpaired) electrons. The van der Waals surface area contributed by atoms with Crippen molar-refractivity contribution in [3.05, 3.63) is 71.0 Å². The summed E-state index contributed by atoms with van der Waals surface area (Å²) in [6.07, 6.45) is -0.616. The topological polar surface area (TPSA) is 74.6 Å². The van der Waals surface area contributed by atoms with Crippen LogP contribution in [0.15, 0.2) is 54.6 Å². The average Bonchev–Trinajstić information content (AvgIpc) is 3.24. The Morgan fingerprint density at radius 1 is 1.00 bits per heavy atom. The predicted octanol–water partition coefficient (Wildman–Crippen LogP) is 5.87. The molecule has 1 unspecified atom stereocenters. The number of ketones is 1. The molecule has 0 N–H and O–H groups in total. The molecule has 7 heteroatoms. The summed E-state index contributed by atoms with van der Waals surface area (Å²) in [6.45, 7) is 7.44. The third kappa shape index (κ3) is 4.14. The van der Waals surface area contributed by atoms with Gasteiger partial charge in [-0.1, -0.05) is 67.9 Å². The summed E-state index contributed by atoms with van der Waals surface area (Å²) in [6, 6.07) is 16.7. The number of fused-ring (bicyclic) bond motifs is 1. The van der Waals surface area contributed by atoms with Gasteiger partial charge in [0.2, 0.25) is 0 Å². The number of carbonyl (C=O) groups is 3. The van der Waals surface area contributed by atoms with Gasteiger partial charge in [-0.15, -0.1) is 0 Å². The van der Waals surface area contributed by atoms with E-state index >= 15 is 0 Å². The minimum atomic E-state index is -0.925. The van der Waals surface area contributed by atoms with Crippen LogP contribution in [0.5, 0.6) is 0 Å². The van der Waals surface area contributed by atoms with E-state index in [1.807, 2.05) is 60.9 Å². The lowest BCUT2D eigenvalue weighted by atomic mass is 9.83. The molecule has 1 aliphatic heterocycles. The van der Waals surface area contributed by atoms with Crippen LogP contribution < -0.4 is 0 Å². The monoisotopic (exact) mass is 479 g/mol. The van der Waals surface area contributed by atoms with E-state index < -0.39 is 29.2 Å². The molecule has 1 aliphatic rings. The highest BCUT2D eigenvalue weighted by atomic mass is 35.5. The Morgan fingerprint density at radius 3 is 2.21 bits per heavy atom. The van der Waals surface area contributed by atoms with Crippen molar-refractivity contribution in [2.45, 2.75) is 40.3 Å². The van der Waals surface area contributed by atoms with Crippen LogP contribution >= 0.6 is 11.6 Å². The van der Waals surface area contributed by atoms with Gasteiger partial charge in [0.05, 0.1) is 12.3 Å². The molecule has 0 fully saturated rings. The van der Waals surface area contributed by atoms with E-state index in [4.69, 9.17) is 21.1 Å². The van der Waals surface area contributed by atoms with E-state index in [2.05, 4.69) is 0 Å². The van der Waals surface area contributed by atoms with Gasteiger partial charge in [0.15, 0.2) is 0 Å². The number of carbonyl (C=O) groups excluding carboxylic acids is 3. The van der Waals surface area contributed by atoms with E-state index in [1.165, 1.54) is 6.92 Å². The van der Waals surface area contributed by atoms with Gasteiger partial charge in [-0.3, -0.25) is 9.59 Å². The largest absolute Gasteiger partial charge is 0.460 e. The number of nitrogens with zero attached hydrogens (tertiary/aromatic N) is 1. The fourth-order valence-corrected chi connectivity index (χ4v) is 4.77. The Morgan fingerprint density at radius 2 is 1.62 bits per heavy atom. The number of hydrogen-bond acceptors (Lipinski definition) is 5. The third-order valence-electron chi connectivity index (χ3n) is 5.98. The maximum Gasteiger partial charge on any atom is 0.381 e. The minimum absolute atomic E-state index is 0.0848. The SMILES string of the molecule is CCOC(=O)C(=O)c1c(-c2ccc(Cl)cc2)c(-c2ccccc2)c2n1CC(C)(C)C2OC(C)=O. The van der Waals surface area contributed by atoms with Crippen LogP contribution in [0.2, 0.25) is 5.02 Å². The molecule has 0 aliphatic carbocycles. The predicted molar refractivity (Wildman–Crippen MR) is 130 cm³/mol. The molecular weight excluding hydrogens is 454 g/mol. The van der Waals surface area contributed by atoms with E-state index in [0.717, 1.165) is 16.7 Å². The van der Waals surface area contributed by atoms with E-state index in [9.17, 15) is 14.4 Å². The Kier molecular flexibility index (Phi) is 6.36. The van der Waals surface area contributed by atoms with Crippen LogP contribution in [0, 0.1) is 5.41 Å². The van der Waals surface area contributed by atoms with Crippen molar-refractivity contribution in [1.29, 1.82) is 0 Å². The smallest absolute Gasteiger partial charge is 0.381 e. The van der Waals surface area contributed by atoms with E-state index in [1.54, 1.807) is 19.1 Å². The van der Waals surface area contributed by atoms with Crippen molar-refractivity contribution < 1.29 is 23.9 Å². The van der Waals surface area contributed by atoms with Gasteiger partial charge in [0, 0.05) is 35.0 Å². The van der Waals surface area contributed by atoms with Gasteiger partial charge >= 0.3 is 11.9 Å². The zero-order valence-corrected chi connectivity index (χ0v) is 20.3. The van der Waals surface area contributed by atoms with Crippen LogP contribution in [-0.2, 0) is 25.6 Å². The summed E-state index contributed by atoms with van der Waals surface area (Å²) in [7, 11) is 0. The fraction of sp³-hybridized carbons (Fsp3) is 0.296. The molecule has 4 rings (SSSR count). The number of benzene rings is 2. The van der Waals surface area contributed by atoms with Gasteiger partial charge in [0.25, 0.3) is 5.78 Å². The first-order valence-corrected chi connectivity index (χ1v) is 11.5. The molecule has 0 saturated heterocycles. The molecule has 176 valence electrons. The second-order valence-electron chi connectivity index (χ2n) is 8.97. The Labute approximate surface area is 203 Å². The van der Waals surface area contributed by atoms with Crippen molar-refractivity contribution in [2.75, 3.05) is 6.61 Å². The average molecular weight is 480 g/mol. The maximum atomic E-state index is 13.5. The van der Waals surface area contributed by atoms with Gasteiger partial charge in [-0.2, -0.15) is 0 Å². The van der Waals surface area contributed by atoms with Gasteiger partial charge in [0.1, 0.15) is 11.8 Å². The van der Waals surface area contributed by atoms with Crippen LogP contribution in [0.4, 0.5) is 0 Å². The zero-order chi connectivity index (χ0) is 24.6. The van der Waals surface area contributed by atoms with Gasteiger partial charge in [-0.05, 0) is 30.2 Å². The lowest BCUT2D eigenvalue weighted by Crippen LogP contribution is -2.25. The van der Waals surface area contributed by atoms with Crippen molar-refractivity contribution in [3.8, 4) is 22.3 Å². The first-order chi connectivity index (χ1) is 16.2. The van der Waals surface area contributed by atoms with Crippen molar-refractivity contribution >= 4 is 29.3 Å². The van der Waals surface area contributed by atoms with Gasteiger partial charge < -0.3 is 14.0 Å². The quantitative estimate of drug-likeness (QED) is 0.251. The maximum absolute atomic E-state index is 13.5. The molecule has 0 bridgehead atoms. The van der Waals surface area contributed by atoms with E-state index in [0.29, 0.717) is 22.8 Å². The molecule has 3 aromatic rings. The number of hydrogen-bond donors (Lipinski definition) is 0. The first-order valence-electron chi connectivity index (χ1n) is 11.1. The molecule has 6 nitrogen and oxygen atoms in total. The summed E-state index contributed by atoms with van der Waals surface area (Å²) in [5.74, 6) is -2.08. The summed E-state index contributed by atoms with van der Waals surface area (Å²) in [5, 5.41) is 0.550. The summed E-state index contributed by atoms with van der Waals surface area (Å²) >= 11 is 6.14. The second-order valence-corrected chi connectivity index (χ2v) is 9.41. The first kappa shape index (κ1) is 23.8.